The molecule has 0 radical (unpaired) electrons. The molecule has 0 unspecified atom stereocenters. The summed E-state index contributed by atoms with van der Waals surface area (Å²) in [5.41, 5.74) is 1.85. The summed E-state index contributed by atoms with van der Waals surface area (Å²) in [6.07, 6.45) is 6.47. The van der Waals surface area contributed by atoms with Crippen LogP contribution in [0.5, 0.6) is 11.5 Å². The van der Waals surface area contributed by atoms with E-state index in [0.717, 1.165) is 31.1 Å². The number of likely N-dealkylation sites (N-methyl/N-ethyl adjacent to an activating group) is 1. The van der Waals surface area contributed by atoms with Crippen LogP contribution in [-0.4, -0.2) is 67.5 Å². The minimum Gasteiger partial charge on any atom is -0.493 e. The molecule has 1 atom stereocenters. The SMILES string of the molecule is CCN(CC)C[C@H](O)COc1cc(CN2CCC3(CCCC3)C2)ccc1OC. The fourth-order valence-corrected chi connectivity index (χ4v) is 4.90. The smallest absolute Gasteiger partial charge is 0.161 e. The normalized spacial score (nSPS) is 20.2. The van der Waals surface area contributed by atoms with Crippen LogP contribution in [0.25, 0.3) is 0 Å². The molecule has 3 rings (SSSR count). The third kappa shape index (κ3) is 5.40. The molecular formula is C23H38N2O3. The Kier molecular flexibility index (Phi) is 7.61. The van der Waals surface area contributed by atoms with E-state index in [1.54, 1.807) is 7.11 Å². The molecule has 2 fully saturated rings. The third-order valence-corrected chi connectivity index (χ3v) is 6.61. The van der Waals surface area contributed by atoms with E-state index in [0.29, 0.717) is 12.0 Å². The molecule has 2 aliphatic rings. The van der Waals surface area contributed by atoms with Crippen LogP contribution in [0.1, 0.15) is 51.5 Å². The maximum atomic E-state index is 10.3. The number of aliphatic hydroxyl groups excluding tert-OH is 1. The molecule has 1 N–H and O–H groups in total. The van der Waals surface area contributed by atoms with Crippen LogP contribution in [-0.2, 0) is 6.54 Å². The standard InChI is InChI=1S/C23H38N2O3/c1-4-24(5-2)16-20(26)17-28-22-14-19(8-9-21(22)27-3)15-25-13-12-23(18-25)10-6-7-11-23/h8-9,14,20,26H,4-7,10-13,15-18H2,1-3H3/t20-/m0/s1. The summed E-state index contributed by atoms with van der Waals surface area (Å²) in [4.78, 5) is 4.79. The first-order valence-electron chi connectivity index (χ1n) is 11.0. The number of nitrogens with zero attached hydrogens (tertiary/aromatic N) is 2. The van der Waals surface area contributed by atoms with Crippen molar-refractivity contribution in [2.45, 2.75) is 58.6 Å². The van der Waals surface area contributed by atoms with E-state index in [4.69, 9.17) is 9.47 Å². The molecule has 5 heteroatoms. The molecule has 28 heavy (non-hydrogen) atoms. The quantitative estimate of drug-likeness (QED) is 0.662. The predicted molar refractivity (Wildman–Crippen MR) is 113 cm³/mol. The summed E-state index contributed by atoms with van der Waals surface area (Å²) in [5.74, 6) is 1.46. The van der Waals surface area contributed by atoms with Crippen molar-refractivity contribution in [3.63, 3.8) is 0 Å². The van der Waals surface area contributed by atoms with Gasteiger partial charge in [0.1, 0.15) is 12.7 Å². The predicted octanol–water partition coefficient (Wildman–Crippen LogP) is 3.54. The summed E-state index contributed by atoms with van der Waals surface area (Å²) in [6.45, 7) is 10.4. The number of ether oxygens (including phenoxy) is 2. The summed E-state index contributed by atoms with van der Waals surface area (Å²) in [6, 6.07) is 6.21. The Bertz CT molecular complexity index is 612. The zero-order valence-electron chi connectivity index (χ0n) is 18.0. The van der Waals surface area contributed by atoms with E-state index in [1.807, 2.05) is 6.07 Å². The fraction of sp³-hybridized carbons (Fsp3) is 0.739. The number of aliphatic hydroxyl groups is 1. The molecule has 158 valence electrons. The number of hydrogen-bond donors (Lipinski definition) is 1. The summed E-state index contributed by atoms with van der Waals surface area (Å²) in [7, 11) is 1.67. The van der Waals surface area contributed by atoms with Crippen molar-refractivity contribution >= 4 is 0 Å². The van der Waals surface area contributed by atoms with E-state index < -0.39 is 6.10 Å². The van der Waals surface area contributed by atoms with E-state index in [1.165, 1.54) is 50.8 Å². The highest BCUT2D eigenvalue weighted by Crippen LogP contribution is 2.45. The summed E-state index contributed by atoms with van der Waals surface area (Å²) in [5, 5.41) is 10.3. The Balaban J connectivity index is 1.57. The third-order valence-electron chi connectivity index (χ3n) is 6.61. The fourth-order valence-electron chi connectivity index (χ4n) is 4.90. The molecule has 1 saturated carbocycles. The lowest BCUT2D eigenvalue weighted by Gasteiger charge is -2.24. The van der Waals surface area contributed by atoms with Crippen molar-refractivity contribution in [3.05, 3.63) is 23.8 Å². The molecule has 1 aromatic carbocycles. The van der Waals surface area contributed by atoms with Gasteiger partial charge in [0.05, 0.1) is 7.11 Å². The van der Waals surface area contributed by atoms with Gasteiger partial charge in [0.25, 0.3) is 0 Å². The second-order valence-electron chi connectivity index (χ2n) is 8.60. The molecule has 1 aliphatic heterocycles. The highest BCUT2D eigenvalue weighted by molar-refractivity contribution is 5.43. The van der Waals surface area contributed by atoms with Gasteiger partial charge in [-0.05, 0) is 62.0 Å². The average Bonchev–Trinajstić information content (AvgIpc) is 3.34. The largest absolute Gasteiger partial charge is 0.493 e. The van der Waals surface area contributed by atoms with E-state index in [-0.39, 0.29) is 6.61 Å². The maximum Gasteiger partial charge on any atom is 0.161 e. The van der Waals surface area contributed by atoms with Crippen molar-refractivity contribution in [2.75, 3.05) is 46.4 Å². The second-order valence-corrected chi connectivity index (χ2v) is 8.60. The molecule has 1 aliphatic carbocycles. The molecule has 1 heterocycles. The average molecular weight is 391 g/mol. The van der Waals surface area contributed by atoms with Crippen molar-refractivity contribution in [3.8, 4) is 11.5 Å². The number of benzene rings is 1. The van der Waals surface area contributed by atoms with Gasteiger partial charge in [-0.3, -0.25) is 4.90 Å². The van der Waals surface area contributed by atoms with Gasteiger partial charge in [-0.15, -0.1) is 0 Å². The van der Waals surface area contributed by atoms with Crippen molar-refractivity contribution < 1.29 is 14.6 Å². The van der Waals surface area contributed by atoms with Crippen molar-refractivity contribution in [2.24, 2.45) is 5.41 Å². The van der Waals surface area contributed by atoms with Gasteiger partial charge in [0.2, 0.25) is 0 Å². The molecule has 1 saturated heterocycles. The van der Waals surface area contributed by atoms with Gasteiger partial charge < -0.3 is 19.5 Å². The van der Waals surface area contributed by atoms with Crippen molar-refractivity contribution in [1.82, 2.24) is 9.80 Å². The minimum atomic E-state index is -0.505. The van der Waals surface area contributed by atoms with E-state index >= 15 is 0 Å². The van der Waals surface area contributed by atoms with Crippen LogP contribution in [0, 0.1) is 5.41 Å². The Morgan fingerprint density at radius 3 is 2.57 bits per heavy atom. The molecule has 0 amide bonds. The summed E-state index contributed by atoms with van der Waals surface area (Å²) < 4.78 is 11.4. The highest BCUT2D eigenvalue weighted by atomic mass is 16.5. The van der Waals surface area contributed by atoms with Crippen LogP contribution in [0.4, 0.5) is 0 Å². The monoisotopic (exact) mass is 390 g/mol. The van der Waals surface area contributed by atoms with Crippen molar-refractivity contribution in [1.29, 1.82) is 0 Å². The molecule has 1 spiro atoms. The zero-order valence-corrected chi connectivity index (χ0v) is 18.0. The maximum absolute atomic E-state index is 10.3. The van der Waals surface area contributed by atoms with E-state index in [2.05, 4.69) is 35.8 Å². The Morgan fingerprint density at radius 2 is 1.89 bits per heavy atom. The molecular weight excluding hydrogens is 352 g/mol. The molecule has 0 aromatic heterocycles. The molecule has 0 bridgehead atoms. The lowest BCUT2D eigenvalue weighted by molar-refractivity contribution is 0.0705. The van der Waals surface area contributed by atoms with Gasteiger partial charge in [0, 0.05) is 19.6 Å². The molecule has 1 aromatic rings. The van der Waals surface area contributed by atoms with Crippen LogP contribution < -0.4 is 9.47 Å². The Hall–Kier alpha value is -1.30. The van der Waals surface area contributed by atoms with Gasteiger partial charge in [0.15, 0.2) is 11.5 Å². The first-order valence-corrected chi connectivity index (χ1v) is 11.0. The second kappa shape index (κ2) is 9.95. The number of hydrogen-bond acceptors (Lipinski definition) is 5. The van der Waals surface area contributed by atoms with Gasteiger partial charge >= 0.3 is 0 Å². The zero-order chi connectivity index (χ0) is 20.0. The Morgan fingerprint density at radius 1 is 1.14 bits per heavy atom. The Labute approximate surface area is 170 Å². The topological polar surface area (TPSA) is 45.2 Å². The highest BCUT2D eigenvalue weighted by Gasteiger charge is 2.39. The minimum absolute atomic E-state index is 0.281. The van der Waals surface area contributed by atoms with Gasteiger partial charge in [-0.2, -0.15) is 0 Å². The van der Waals surface area contributed by atoms with Crippen LogP contribution in [0.2, 0.25) is 0 Å². The lowest BCUT2D eigenvalue weighted by Crippen LogP contribution is -2.35. The lowest BCUT2D eigenvalue weighted by atomic mass is 9.86. The number of methoxy groups -OCH3 is 1. The van der Waals surface area contributed by atoms with Crippen LogP contribution >= 0.6 is 0 Å². The van der Waals surface area contributed by atoms with Gasteiger partial charge in [-0.1, -0.05) is 32.8 Å². The number of likely N-dealkylation sites (tertiary alicyclic amines) is 1. The van der Waals surface area contributed by atoms with E-state index in [9.17, 15) is 5.11 Å². The molecule has 5 nitrogen and oxygen atoms in total. The first kappa shape index (κ1) is 21.4. The van der Waals surface area contributed by atoms with Crippen LogP contribution in [0.15, 0.2) is 18.2 Å². The van der Waals surface area contributed by atoms with Crippen LogP contribution in [0.3, 0.4) is 0 Å². The first-order chi connectivity index (χ1) is 13.6. The number of rotatable bonds is 10. The van der Waals surface area contributed by atoms with Gasteiger partial charge in [-0.25, -0.2) is 0 Å². The summed E-state index contributed by atoms with van der Waals surface area (Å²) >= 11 is 0.